The van der Waals surface area contributed by atoms with Crippen LogP contribution in [0.3, 0.4) is 0 Å². The molecule has 3 saturated carbocycles. The lowest BCUT2D eigenvalue weighted by molar-refractivity contribution is -0.0299. The molecule has 4 rings (SSSR count). The molecule has 0 heteroatoms. The van der Waals surface area contributed by atoms with E-state index >= 15 is 0 Å². The van der Waals surface area contributed by atoms with Crippen molar-refractivity contribution < 1.29 is 0 Å². The Hall–Kier alpha value is -1.04. The predicted molar refractivity (Wildman–Crippen MR) is 122 cm³/mol. The Balaban J connectivity index is 1.83. The average molecular weight is 379 g/mol. The molecule has 0 aromatic heterocycles. The van der Waals surface area contributed by atoms with Crippen molar-refractivity contribution in [2.75, 3.05) is 0 Å². The molecular weight excluding hydrogens is 336 g/mol. The van der Waals surface area contributed by atoms with Crippen LogP contribution >= 0.6 is 0 Å². The van der Waals surface area contributed by atoms with Crippen LogP contribution in [-0.4, -0.2) is 0 Å². The van der Waals surface area contributed by atoms with Crippen molar-refractivity contribution in [2.24, 2.45) is 34.0 Å². The fraction of sp³-hybridized carbons (Fsp3) is 0.714. The summed E-state index contributed by atoms with van der Waals surface area (Å²) in [5.74, 6) is 2.33. The first kappa shape index (κ1) is 20.2. The van der Waals surface area contributed by atoms with Crippen molar-refractivity contribution in [1.82, 2.24) is 0 Å². The van der Waals surface area contributed by atoms with Gasteiger partial charge in [0, 0.05) is 0 Å². The van der Waals surface area contributed by atoms with Crippen molar-refractivity contribution in [3.8, 4) is 0 Å². The van der Waals surface area contributed by atoms with Gasteiger partial charge in [0.25, 0.3) is 0 Å². The van der Waals surface area contributed by atoms with E-state index in [-0.39, 0.29) is 0 Å². The van der Waals surface area contributed by atoms with Crippen LogP contribution in [0.4, 0.5) is 0 Å². The number of fused-ring (bicyclic) bond motifs is 7. The molecule has 0 aromatic carbocycles. The highest BCUT2D eigenvalue weighted by molar-refractivity contribution is 5.52. The van der Waals surface area contributed by atoms with E-state index in [0.717, 1.165) is 30.6 Å². The lowest BCUT2D eigenvalue weighted by atomic mass is 9.43. The highest BCUT2D eigenvalue weighted by Gasteiger charge is 2.60. The molecule has 0 aromatic rings. The summed E-state index contributed by atoms with van der Waals surface area (Å²) in [4.78, 5) is 0. The second-order valence-electron chi connectivity index (χ2n) is 11.7. The van der Waals surface area contributed by atoms with Crippen molar-refractivity contribution in [1.29, 1.82) is 0 Å². The molecule has 0 saturated heterocycles. The van der Waals surface area contributed by atoms with Gasteiger partial charge in [0.2, 0.25) is 0 Å². The first-order chi connectivity index (χ1) is 13.0. The quantitative estimate of drug-likeness (QED) is 0.432. The number of allylic oxidation sites excluding steroid dienone is 5. The third-order valence-corrected chi connectivity index (χ3v) is 10.3. The Kier molecular flexibility index (Phi) is 4.68. The maximum Gasteiger partial charge on any atom is -0.0135 e. The van der Waals surface area contributed by atoms with Crippen LogP contribution in [0.15, 0.2) is 47.6 Å². The molecule has 0 amide bonds. The molecular formula is C28H42. The fourth-order valence-electron chi connectivity index (χ4n) is 7.75. The minimum absolute atomic E-state index is 0.350. The highest BCUT2D eigenvalue weighted by atomic mass is 14.6. The van der Waals surface area contributed by atoms with Crippen LogP contribution in [0.25, 0.3) is 0 Å². The molecule has 0 heterocycles. The first-order valence-electron chi connectivity index (χ1n) is 11.8. The van der Waals surface area contributed by atoms with E-state index < -0.39 is 0 Å². The summed E-state index contributed by atoms with van der Waals surface area (Å²) in [6.07, 6.45) is 11.5. The zero-order chi connectivity index (χ0) is 20.5. The SMILES string of the molecule is C=C(CC)CC1CCC2C3=C4CC(C)(C)C(C)(CCC(=C)C4=C)C3CCC12C. The summed E-state index contributed by atoms with van der Waals surface area (Å²) in [5, 5.41) is 0. The van der Waals surface area contributed by atoms with Crippen LogP contribution < -0.4 is 0 Å². The van der Waals surface area contributed by atoms with Crippen LogP contribution in [-0.2, 0) is 0 Å². The monoisotopic (exact) mass is 378 g/mol. The van der Waals surface area contributed by atoms with E-state index in [1.54, 1.807) is 5.57 Å². The van der Waals surface area contributed by atoms with Crippen LogP contribution in [0, 0.1) is 34.0 Å². The molecule has 0 spiro atoms. The maximum atomic E-state index is 4.60. The van der Waals surface area contributed by atoms with E-state index in [9.17, 15) is 0 Å². The molecule has 3 fully saturated rings. The second-order valence-corrected chi connectivity index (χ2v) is 11.7. The highest BCUT2D eigenvalue weighted by Crippen LogP contribution is 2.70. The molecule has 0 nitrogen and oxygen atoms in total. The average Bonchev–Trinajstić information content (AvgIpc) is 2.97. The van der Waals surface area contributed by atoms with Crippen LogP contribution in [0.2, 0.25) is 0 Å². The summed E-state index contributed by atoms with van der Waals surface area (Å²) in [6.45, 7) is 26.0. The van der Waals surface area contributed by atoms with E-state index in [4.69, 9.17) is 0 Å². The Morgan fingerprint density at radius 2 is 1.71 bits per heavy atom. The molecule has 5 unspecified atom stereocenters. The van der Waals surface area contributed by atoms with Gasteiger partial charge in [-0.05, 0) is 109 Å². The normalized spacial score (nSPS) is 42.1. The van der Waals surface area contributed by atoms with E-state index in [2.05, 4.69) is 54.4 Å². The van der Waals surface area contributed by atoms with Gasteiger partial charge >= 0.3 is 0 Å². The zero-order valence-electron chi connectivity index (χ0n) is 19.2. The second kappa shape index (κ2) is 6.48. The molecule has 4 aliphatic carbocycles. The molecule has 28 heavy (non-hydrogen) atoms. The topological polar surface area (TPSA) is 0 Å². The van der Waals surface area contributed by atoms with Crippen LogP contribution in [0.1, 0.15) is 92.4 Å². The minimum atomic E-state index is 0.350. The van der Waals surface area contributed by atoms with Gasteiger partial charge in [-0.25, -0.2) is 0 Å². The Morgan fingerprint density at radius 3 is 2.39 bits per heavy atom. The maximum absolute atomic E-state index is 4.60. The zero-order valence-corrected chi connectivity index (χ0v) is 19.2. The Morgan fingerprint density at radius 1 is 1.00 bits per heavy atom. The Labute approximate surface area is 174 Å². The molecule has 4 aliphatic rings. The molecule has 5 atom stereocenters. The number of hydrogen-bond donors (Lipinski definition) is 0. The van der Waals surface area contributed by atoms with Gasteiger partial charge in [-0.3, -0.25) is 0 Å². The van der Waals surface area contributed by atoms with Gasteiger partial charge in [-0.2, -0.15) is 0 Å². The van der Waals surface area contributed by atoms with Gasteiger partial charge in [-0.15, -0.1) is 0 Å². The Bertz CT molecular complexity index is 759. The summed E-state index contributed by atoms with van der Waals surface area (Å²) >= 11 is 0. The summed E-state index contributed by atoms with van der Waals surface area (Å²) in [6, 6.07) is 0. The van der Waals surface area contributed by atoms with Crippen molar-refractivity contribution in [2.45, 2.75) is 92.4 Å². The van der Waals surface area contributed by atoms with Crippen molar-refractivity contribution in [3.05, 3.63) is 47.6 Å². The third-order valence-electron chi connectivity index (χ3n) is 10.3. The molecule has 0 N–H and O–H groups in total. The van der Waals surface area contributed by atoms with E-state index in [1.807, 2.05) is 5.57 Å². The smallest absolute Gasteiger partial charge is 0.0135 e. The molecule has 0 radical (unpaired) electrons. The van der Waals surface area contributed by atoms with Crippen LogP contribution in [0.5, 0.6) is 0 Å². The fourth-order valence-corrected chi connectivity index (χ4v) is 7.75. The van der Waals surface area contributed by atoms with Crippen molar-refractivity contribution in [3.63, 3.8) is 0 Å². The van der Waals surface area contributed by atoms with Gasteiger partial charge in [-0.1, -0.05) is 65.5 Å². The summed E-state index contributed by atoms with van der Waals surface area (Å²) in [7, 11) is 0. The third kappa shape index (κ3) is 2.62. The first-order valence-corrected chi connectivity index (χ1v) is 11.8. The van der Waals surface area contributed by atoms with E-state index in [1.165, 1.54) is 61.7 Å². The van der Waals surface area contributed by atoms with E-state index in [0.29, 0.717) is 16.2 Å². The minimum Gasteiger partial charge on any atom is -0.0999 e. The molecule has 2 bridgehead atoms. The number of rotatable bonds is 3. The lowest BCUT2D eigenvalue weighted by Crippen LogP contribution is -2.52. The standard InChI is InChI=1S/C28H42/c1-9-18(2)16-21-10-11-23-25-22-17-26(5,6)28(8,15-12-19(3)20(22)4)24(25)13-14-27(21,23)7/h21,23-24H,2-4,9-17H2,1,5-8H3. The predicted octanol–water partition coefficient (Wildman–Crippen LogP) is 8.42. The summed E-state index contributed by atoms with van der Waals surface area (Å²) in [5.41, 5.74) is 8.73. The van der Waals surface area contributed by atoms with Gasteiger partial charge < -0.3 is 0 Å². The van der Waals surface area contributed by atoms with Gasteiger partial charge in [0.15, 0.2) is 0 Å². The largest absolute Gasteiger partial charge is 0.0999 e. The van der Waals surface area contributed by atoms with Gasteiger partial charge in [0.05, 0.1) is 0 Å². The molecule has 154 valence electrons. The summed E-state index contributed by atoms with van der Waals surface area (Å²) < 4.78 is 0. The van der Waals surface area contributed by atoms with Gasteiger partial charge in [0.1, 0.15) is 0 Å². The van der Waals surface area contributed by atoms with Crippen molar-refractivity contribution >= 4 is 0 Å². The molecule has 0 aliphatic heterocycles. The lowest BCUT2D eigenvalue weighted by Gasteiger charge is -2.61. The number of hydrogen-bond acceptors (Lipinski definition) is 0.